The lowest BCUT2D eigenvalue weighted by Gasteiger charge is -2.09. The molecule has 0 unspecified atom stereocenters. The number of amides is 1. The van der Waals surface area contributed by atoms with Gasteiger partial charge in [-0.05, 0) is 68.8 Å². The van der Waals surface area contributed by atoms with Gasteiger partial charge in [0.05, 0.1) is 11.4 Å². The summed E-state index contributed by atoms with van der Waals surface area (Å²) in [5.41, 5.74) is 3.91. The van der Waals surface area contributed by atoms with Crippen LogP contribution in [0, 0.1) is 26.6 Å². The van der Waals surface area contributed by atoms with Crippen LogP contribution in [0.4, 0.5) is 10.1 Å². The van der Waals surface area contributed by atoms with Crippen molar-refractivity contribution in [2.45, 2.75) is 31.7 Å². The van der Waals surface area contributed by atoms with E-state index in [2.05, 4.69) is 25.6 Å². The van der Waals surface area contributed by atoms with Gasteiger partial charge in [0.25, 0.3) is 5.91 Å². The van der Waals surface area contributed by atoms with Gasteiger partial charge in [-0.25, -0.2) is 19.0 Å². The molecule has 0 atom stereocenters. The number of halogens is 2. The van der Waals surface area contributed by atoms with Gasteiger partial charge in [0.1, 0.15) is 5.82 Å². The van der Waals surface area contributed by atoms with Crippen LogP contribution < -0.4 is 5.32 Å². The molecule has 33 heavy (non-hydrogen) atoms. The van der Waals surface area contributed by atoms with Crippen molar-refractivity contribution in [3.8, 4) is 5.69 Å². The van der Waals surface area contributed by atoms with Crippen LogP contribution in [-0.4, -0.2) is 30.9 Å². The number of benzene rings is 2. The maximum atomic E-state index is 13.9. The summed E-state index contributed by atoms with van der Waals surface area (Å²) in [5.74, 6) is -0.556. The maximum Gasteiger partial charge on any atom is 0.278 e. The smallest absolute Gasteiger partial charge is 0.278 e. The van der Waals surface area contributed by atoms with Crippen LogP contribution in [0.3, 0.4) is 0 Å². The minimum Gasteiger partial charge on any atom is -0.320 e. The fourth-order valence-electron chi connectivity index (χ4n) is 3.15. The Morgan fingerprint density at radius 2 is 1.76 bits per heavy atom. The lowest BCUT2D eigenvalue weighted by Crippen LogP contribution is -2.15. The fourth-order valence-corrected chi connectivity index (χ4v) is 4.22. The predicted molar refractivity (Wildman–Crippen MR) is 127 cm³/mol. The SMILES string of the molecule is Cc1cc(C)nc(SCc2c(C(=O)Nc3ccc(C)c(F)c3)nnn2-c2ccc(Cl)cc2)n1. The average Bonchev–Trinajstić information content (AvgIpc) is 3.19. The molecular formula is C23H20ClFN6OS. The molecule has 0 aliphatic rings. The van der Waals surface area contributed by atoms with Crippen LogP contribution in [-0.2, 0) is 5.75 Å². The molecule has 168 valence electrons. The third kappa shape index (κ3) is 5.37. The molecule has 0 spiro atoms. The molecule has 1 N–H and O–H groups in total. The summed E-state index contributed by atoms with van der Waals surface area (Å²) in [4.78, 5) is 21.9. The Morgan fingerprint density at radius 3 is 2.42 bits per heavy atom. The second-order valence-electron chi connectivity index (χ2n) is 7.41. The summed E-state index contributed by atoms with van der Waals surface area (Å²) in [6.07, 6.45) is 0. The molecule has 0 bridgehead atoms. The molecule has 2 aromatic heterocycles. The molecule has 1 amide bonds. The van der Waals surface area contributed by atoms with Crippen molar-refractivity contribution >= 4 is 35.0 Å². The summed E-state index contributed by atoms with van der Waals surface area (Å²) in [7, 11) is 0. The van der Waals surface area contributed by atoms with E-state index in [0.29, 0.717) is 38.6 Å². The van der Waals surface area contributed by atoms with Crippen molar-refractivity contribution in [1.82, 2.24) is 25.0 Å². The van der Waals surface area contributed by atoms with E-state index in [9.17, 15) is 9.18 Å². The van der Waals surface area contributed by atoms with E-state index in [-0.39, 0.29) is 5.69 Å². The van der Waals surface area contributed by atoms with Gasteiger partial charge in [-0.3, -0.25) is 4.79 Å². The molecule has 0 aliphatic heterocycles. The molecule has 0 saturated heterocycles. The molecular weight excluding hydrogens is 463 g/mol. The van der Waals surface area contributed by atoms with Crippen LogP contribution in [0.5, 0.6) is 0 Å². The van der Waals surface area contributed by atoms with Crippen molar-refractivity contribution < 1.29 is 9.18 Å². The van der Waals surface area contributed by atoms with Crippen LogP contribution in [0.15, 0.2) is 53.7 Å². The number of carbonyl (C=O) groups excluding carboxylic acids is 1. The number of nitrogens with zero attached hydrogens (tertiary/aromatic N) is 5. The number of anilines is 1. The van der Waals surface area contributed by atoms with Gasteiger partial charge in [-0.2, -0.15) is 0 Å². The number of rotatable bonds is 6. The molecule has 4 rings (SSSR count). The van der Waals surface area contributed by atoms with E-state index >= 15 is 0 Å². The number of thioether (sulfide) groups is 1. The standard InChI is InChI=1S/C23H20ClFN6OS/c1-13-4-7-17(11-19(13)25)28-22(32)21-20(12-33-23-26-14(2)10-15(3)27-23)31(30-29-21)18-8-5-16(24)6-9-18/h4-11H,12H2,1-3H3,(H,28,32). The van der Waals surface area contributed by atoms with E-state index in [1.807, 2.05) is 19.9 Å². The number of nitrogens with one attached hydrogen (secondary N) is 1. The van der Waals surface area contributed by atoms with Crippen molar-refractivity contribution in [3.63, 3.8) is 0 Å². The Kier molecular flexibility index (Phi) is 6.71. The Balaban J connectivity index is 1.67. The van der Waals surface area contributed by atoms with Crippen LogP contribution >= 0.6 is 23.4 Å². The average molecular weight is 483 g/mol. The van der Waals surface area contributed by atoms with E-state index in [0.717, 1.165) is 11.4 Å². The molecule has 0 aliphatic carbocycles. The van der Waals surface area contributed by atoms with Crippen molar-refractivity contribution in [3.05, 3.63) is 87.7 Å². The highest BCUT2D eigenvalue weighted by Crippen LogP contribution is 2.25. The molecule has 0 radical (unpaired) electrons. The first-order chi connectivity index (χ1) is 15.8. The molecule has 4 aromatic rings. The monoisotopic (exact) mass is 482 g/mol. The number of hydrogen-bond acceptors (Lipinski definition) is 6. The van der Waals surface area contributed by atoms with Gasteiger partial charge in [-0.15, -0.1) is 5.10 Å². The Labute approximate surface area is 199 Å². The molecule has 0 saturated carbocycles. The van der Waals surface area contributed by atoms with Gasteiger partial charge in [0.2, 0.25) is 0 Å². The van der Waals surface area contributed by atoms with Crippen LogP contribution in [0.2, 0.25) is 5.02 Å². The number of hydrogen-bond donors (Lipinski definition) is 1. The largest absolute Gasteiger partial charge is 0.320 e. The number of aryl methyl sites for hydroxylation is 3. The first kappa shape index (κ1) is 22.9. The Bertz CT molecular complexity index is 1310. The van der Waals surface area contributed by atoms with E-state index < -0.39 is 11.7 Å². The van der Waals surface area contributed by atoms with E-state index in [1.54, 1.807) is 48.0 Å². The molecule has 10 heteroatoms. The van der Waals surface area contributed by atoms with E-state index in [1.165, 1.54) is 17.8 Å². The highest BCUT2D eigenvalue weighted by atomic mass is 35.5. The predicted octanol–water partition coefficient (Wildman–Crippen LogP) is 5.32. The zero-order valence-corrected chi connectivity index (χ0v) is 19.7. The molecule has 0 fully saturated rings. The van der Waals surface area contributed by atoms with Crippen molar-refractivity contribution in [1.29, 1.82) is 0 Å². The normalized spacial score (nSPS) is 10.9. The maximum absolute atomic E-state index is 13.9. The van der Waals surface area contributed by atoms with Gasteiger partial charge < -0.3 is 5.32 Å². The Morgan fingerprint density at radius 1 is 1.06 bits per heavy atom. The highest BCUT2D eigenvalue weighted by molar-refractivity contribution is 7.98. The first-order valence-electron chi connectivity index (χ1n) is 10.0. The van der Waals surface area contributed by atoms with Gasteiger partial charge >= 0.3 is 0 Å². The third-order valence-electron chi connectivity index (χ3n) is 4.78. The van der Waals surface area contributed by atoms with Gasteiger partial charge in [0.15, 0.2) is 10.9 Å². The minimum atomic E-state index is -0.490. The first-order valence-corrected chi connectivity index (χ1v) is 11.4. The topological polar surface area (TPSA) is 85.6 Å². The van der Waals surface area contributed by atoms with Gasteiger partial charge in [-0.1, -0.05) is 34.6 Å². The lowest BCUT2D eigenvalue weighted by atomic mass is 10.2. The summed E-state index contributed by atoms with van der Waals surface area (Å²) in [6, 6.07) is 13.4. The molecule has 2 aromatic carbocycles. The minimum absolute atomic E-state index is 0.128. The lowest BCUT2D eigenvalue weighted by molar-refractivity contribution is 0.102. The fraction of sp³-hybridized carbons (Fsp3) is 0.174. The molecule has 2 heterocycles. The van der Waals surface area contributed by atoms with Crippen LogP contribution in [0.1, 0.15) is 33.1 Å². The zero-order valence-electron chi connectivity index (χ0n) is 18.1. The second kappa shape index (κ2) is 9.68. The van der Waals surface area contributed by atoms with Crippen LogP contribution in [0.25, 0.3) is 5.69 Å². The van der Waals surface area contributed by atoms with Gasteiger partial charge in [0, 0.05) is 27.9 Å². The van der Waals surface area contributed by atoms with Crippen molar-refractivity contribution in [2.24, 2.45) is 0 Å². The quantitative estimate of drug-likeness (QED) is 0.295. The van der Waals surface area contributed by atoms with E-state index in [4.69, 9.17) is 11.6 Å². The summed E-state index contributed by atoms with van der Waals surface area (Å²) < 4.78 is 15.5. The second-order valence-corrected chi connectivity index (χ2v) is 8.79. The number of carbonyl (C=O) groups is 1. The number of aromatic nitrogens is 5. The zero-order chi connectivity index (χ0) is 23.5. The van der Waals surface area contributed by atoms with Crippen molar-refractivity contribution in [2.75, 3.05) is 5.32 Å². The third-order valence-corrected chi connectivity index (χ3v) is 5.89. The molecule has 7 nitrogen and oxygen atoms in total. The summed E-state index contributed by atoms with van der Waals surface area (Å²) in [5, 5.41) is 12.2. The highest BCUT2D eigenvalue weighted by Gasteiger charge is 2.22. The summed E-state index contributed by atoms with van der Waals surface area (Å²) >= 11 is 7.39. The summed E-state index contributed by atoms with van der Waals surface area (Å²) in [6.45, 7) is 5.46. The Hall–Kier alpha value is -3.30.